The molecular weight excluding hydrogens is 278 g/mol. The molecule has 1 saturated carbocycles. The number of carbonyl (C=O) groups is 1. The van der Waals surface area contributed by atoms with Crippen molar-refractivity contribution in [3.05, 3.63) is 0 Å². The number of piperidine rings is 1. The van der Waals surface area contributed by atoms with Crippen LogP contribution in [0.4, 0.5) is 0 Å². The molecule has 124 valence electrons. The van der Waals surface area contributed by atoms with Crippen LogP contribution < -0.4 is 5.73 Å². The van der Waals surface area contributed by atoms with Crippen molar-refractivity contribution in [3.8, 4) is 0 Å². The van der Waals surface area contributed by atoms with E-state index in [-0.39, 0.29) is 6.04 Å². The first-order chi connectivity index (χ1) is 10.7. The van der Waals surface area contributed by atoms with Crippen LogP contribution in [-0.4, -0.2) is 67.2 Å². The third-order valence-corrected chi connectivity index (χ3v) is 6.26. The molecular formula is C17H29N3O2. The Kier molecular flexibility index (Phi) is 3.91. The lowest BCUT2D eigenvalue weighted by Crippen LogP contribution is -2.49. The normalized spacial score (nSPS) is 36.0. The molecule has 5 heteroatoms. The summed E-state index contributed by atoms with van der Waals surface area (Å²) >= 11 is 0. The van der Waals surface area contributed by atoms with Gasteiger partial charge in [0.25, 0.3) is 0 Å². The molecule has 2 unspecified atom stereocenters. The summed E-state index contributed by atoms with van der Waals surface area (Å²) in [6, 6.07) is 0.711. The van der Waals surface area contributed by atoms with Gasteiger partial charge in [-0.3, -0.25) is 9.69 Å². The Morgan fingerprint density at radius 1 is 1.09 bits per heavy atom. The molecule has 3 saturated heterocycles. The van der Waals surface area contributed by atoms with Crippen LogP contribution in [0, 0.1) is 11.3 Å². The number of rotatable bonds is 2. The molecule has 1 amide bonds. The van der Waals surface area contributed by atoms with Crippen LogP contribution in [0.15, 0.2) is 0 Å². The predicted octanol–water partition coefficient (Wildman–Crippen LogP) is 0.827. The number of hydrogen-bond acceptors (Lipinski definition) is 4. The number of ether oxygens (including phenoxy) is 1. The fourth-order valence-corrected chi connectivity index (χ4v) is 4.57. The van der Waals surface area contributed by atoms with Crippen molar-refractivity contribution in [1.29, 1.82) is 0 Å². The van der Waals surface area contributed by atoms with Gasteiger partial charge in [-0.05, 0) is 50.5 Å². The minimum Gasteiger partial charge on any atom is -0.378 e. The average molecular weight is 307 g/mol. The second-order valence-corrected chi connectivity index (χ2v) is 8.01. The number of nitrogens with zero attached hydrogens (tertiary/aromatic N) is 2. The zero-order chi connectivity index (χ0) is 15.2. The van der Waals surface area contributed by atoms with Crippen LogP contribution in [0.2, 0.25) is 0 Å². The van der Waals surface area contributed by atoms with E-state index in [0.717, 1.165) is 39.0 Å². The molecule has 22 heavy (non-hydrogen) atoms. The topological polar surface area (TPSA) is 58.8 Å². The van der Waals surface area contributed by atoms with E-state index in [1.807, 2.05) is 0 Å². The smallest absolute Gasteiger partial charge is 0.225 e. The highest BCUT2D eigenvalue weighted by Gasteiger charge is 2.45. The molecule has 4 aliphatic rings. The summed E-state index contributed by atoms with van der Waals surface area (Å²) in [5.41, 5.74) is 6.50. The third kappa shape index (κ3) is 2.91. The summed E-state index contributed by atoms with van der Waals surface area (Å²) in [5.74, 6) is 0.798. The van der Waals surface area contributed by atoms with Gasteiger partial charge in [-0.2, -0.15) is 0 Å². The maximum absolute atomic E-state index is 12.2. The molecule has 2 N–H and O–H groups in total. The molecule has 1 aliphatic carbocycles. The van der Waals surface area contributed by atoms with Gasteiger partial charge in [-0.1, -0.05) is 0 Å². The molecule has 1 spiro atoms. The van der Waals surface area contributed by atoms with Gasteiger partial charge in [-0.25, -0.2) is 0 Å². The number of hydrogen-bond donors (Lipinski definition) is 1. The van der Waals surface area contributed by atoms with Gasteiger partial charge in [0.2, 0.25) is 5.91 Å². The summed E-state index contributed by atoms with van der Waals surface area (Å²) < 4.78 is 5.64. The molecule has 5 nitrogen and oxygen atoms in total. The first-order valence-electron chi connectivity index (χ1n) is 9.01. The Bertz CT molecular complexity index is 430. The Labute approximate surface area is 133 Å². The summed E-state index contributed by atoms with van der Waals surface area (Å²) in [7, 11) is 0. The lowest BCUT2D eigenvalue weighted by Gasteiger charge is -2.41. The van der Waals surface area contributed by atoms with Crippen LogP contribution in [0.5, 0.6) is 0 Å². The Hall–Kier alpha value is -0.650. The standard InChI is InChI=1S/C17H29N3O2/c18-14-9-15(11-22-10-14)20-8-5-17(12-20)3-6-19(7-4-17)16(21)13-1-2-13/h13-15H,1-12,18H2. The Balaban J connectivity index is 1.31. The molecule has 0 aromatic rings. The van der Waals surface area contributed by atoms with Gasteiger partial charge in [0.15, 0.2) is 0 Å². The maximum Gasteiger partial charge on any atom is 0.225 e. The van der Waals surface area contributed by atoms with Gasteiger partial charge in [0.05, 0.1) is 13.2 Å². The minimum absolute atomic E-state index is 0.202. The quantitative estimate of drug-likeness (QED) is 0.821. The van der Waals surface area contributed by atoms with Crippen molar-refractivity contribution in [2.24, 2.45) is 17.1 Å². The van der Waals surface area contributed by atoms with Crippen molar-refractivity contribution in [2.75, 3.05) is 39.4 Å². The van der Waals surface area contributed by atoms with E-state index in [9.17, 15) is 4.79 Å². The lowest BCUT2D eigenvalue weighted by molar-refractivity contribution is -0.134. The predicted molar refractivity (Wildman–Crippen MR) is 84.4 cm³/mol. The van der Waals surface area contributed by atoms with Crippen LogP contribution >= 0.6 is 0 Å². The Morgan fingerprint density at radius 3 is 2.50 bits per heavy atom. The highest BCUT2D eigenvalue weighted by Crippen LogP contribution is 2.42. The van der Waals surface area contributed by atoms with Crippen LogP contribution in [-0.2, 0) is 9.53 Å². The fraction of sp³-hybridized carbons (Fsp3) is 0.941. The molecule has 0 aromatic heterocycles. The van der Waals surface area contributed by atoms with E-state index < -0.39 is 0 Å². The zero-order valence-electron chi connectivity index (χ0n) is 13.5. The molecule has 0 bridgehead atoms. The number of likely N-dealkylation sites (tertiary alicyclic amines) is 2. The van der Waals surface area contributed by atoms with E-state index in [2.05, 4.69) is 9.80 Å². The second kappa shape index (κ2) is 5.77. The summed E-state index contributed by atoms with van der Waals surface area (Å²) in [6.45, 7) is 5.87. The molecule has 3 heterocycles. The lowest BCUT2D eigenvalue weighted by atomic mass is 9.77. The van der Waals surface area contributed by atoms with Crippen molar-refractivity contribution < 1.29 is 9.53 Å². The number of amides is 1. The summed E-state index contributed by atoms with van der Waals surface area (Å²) in [5, 5.41) is 0. The van der Waals surface area contributed by atoms with Crippen molar-refractivity contribution >= 4 is 5.91 Å². The monoisotopic (exact) mass is 307 g/mol. The fourth-order valence-electron chi connectivity index (χ4n) is 4.57. The highest BCUT2D eigenvalue weighted by molar-refractivity contribution is 5.81. The highest BCUT2D eigenvalue weighted by atomic mass is 16.5. The maximum atomic E-state index is 12.2. The van der Waals surface area contributed by atoms with Gasteiger partial charge in [0.1, 0.15) is 0 Å². The van der Waals surface area contributed by atoms with E-state index in [4.69, 9.17) is 10.5 Å². The first-order valence-corrected chi connectivity index (χ1v) is 9.01. The van der Waals surface area contributed by atoms with Crippen molar-refractivity contribution in [3.63, 3.8) is 0 Å². The average Bonchev–Trinajstić information content (AvgIpc) is 3.30. The molecule has 0 aromatic carbocycles. The molecule has 4 fully saturated rings. The first kappa shape index (κ1) is 14.9. The third-order valence-electron chi connectivity index (χ3n) is 6.26. The van der Waals surface area contributed by atoms with Crippen LogP contribution in [0.3, 0.4) is 0 Å². The molecule has 4 rings (SSSR count). The molecule has 2 atom stereocenters. The van der Waals surface area contributed by atoms with Gasteiger partial charge in [0, 0.05) is 37.6 Å². The SMILES string of the molecule is NC1COCC(N2CCC3(CCN(C(=O)C4CC4)CC3)C2)C1. The summed E-state index contributed by atoms with van der Waals surface area (Å²) in [6.07, 6.45) is 6.96. The minimum atomic E-state index is 0.202. The van der Waals surface area contributed by atoms with E-state index >= 15 is 0 Å². The van der Waals surface area contributed by atoms with Crippen molar-refractivity contribution in [2.45, 2.75) is 50.6 Å². The Morgan fingerprint density at radius 2 is 1.82 bits per heavy atom. The summed E-state index contributed by atoms with van der Waals surface area (Å²) in [4.78, 5) is 16.9. The number of carbonyl (C=O) groups excluding carboxylic acids is 1. The number of nitrogens with two attached hydrogens (primary N) is 1. The van der Waals surface area contributed by atoms with E-state index in [0.29, 0.717) is 29.9 Å². The molecule has 0 radical (unpaired) electrons. The van der Waals surface area contributed by atoms with Gasteiger partial charge < -0.3 is 15.4 Å². The van der Waals surface area contributed by atoms with Crippen molar-refractivity contribution in [1.82, 2.24) is 9.80 Å². The molecule has 3 aliphatic heterocycles. The van der Waals surface area contributed by atoms with Crippen LogP contribution in [0.25, 0.3) is 0 Å². The second-order valence-electron chi connectivity index (χ2n) is 8.01. The van der Waals surface area contributed by atoms with Gasteiger partial charge >= 0.3 is 0 Å². The zero-order valence-corrected chi connectivity index (χ0v) is 13.5. The van der Waals surface area contributed by atoms with Crippen LogP contribution in [0.1, 0.15) is 38.5 Å². The van der Waals surface area contributed by atoms with E-state index in [1.165, 1.54) is 32.4 Å². The van der Waals surface area contributed by atoms with E-state index in [1.54, 1.807) is 0 Å². The largest absolute Gasteiger partial charge is 0.378 e. The van der Waals surface area contributed by atoms with Gasteiger partial charge in [-0.15, -0.1) is 0 Å².